The Morgan fingerprint density at radius 2 is 1.67 bits per heavy atom. The van der Waals surface area contributed by atoms with Crippen molar-refractivity contribution in [2.75, 3.05) is 0 Å². The first kappa shape index (κ1) is 15.8. The van der Waals surface area contributed by atoms with Crippen molar-refractivity contribution in [2.45, 2.75) is 36.8 Å². The third-order valence-electron chi connectivity index (χ3n) is 4.05. The van der Waals surface area contributed by atoms with Gasteiger partial charge in [-0.2, -0.15) is 0 Å². The van der Waals surface area contributed by atoms with E-state index in [1.165, 1.54) is 11.3 Å². The van der Waals surface area contributed by atoms with Crippen LogP contribution >= 0.6 is 23.1 Å². The molecular weight excluding hydrogens is 470 g/mol. The van der Waals surface area contributed by atoms with E-state index in [2.05, 4.69) is 65.0 Å². The molecule has 1 aromatic rings. The molecule has 4 heteroatoms. The van der Waals surface area contributed by atoms with Gasteiger partial charge >= 0.3 is 130 Å². The number of rotatable bonds is 3. The molecule has 2 rings (SSSR count). The van der Waals surface area contributed by atoms with E-state index in [0.717, 1.165) is 0 Å². The average molecular weight is 494 g/mol. The van der Waals surface area contributed by atoms with E-state index < -0.39 is 36.8 Å². The first-order chi connectivity index (χ1) is 8.17. The van der Waals surface area contributed by atoms with Crippen LogP contribution in [-0.4, -0.2) is 37.5 Å². The Morgan fingerprint density at radius 3 is 2.06 bits per heavy atom. The van der Waals surface area contributed by atoms with Crippen molar-refractivity contribution < 1.29 is 0 Å². The molecule has 0 N–H and O–H groups in total. The summed E-state index contributed by atoms with van der Waals surface area (Å²) in [6.07, 6.45) is 3.92. The minimum atomic E-state index is -1.95. The number of hydrogen-bond acceptors (Lipinski definition) is 2. The van der Waals surface area contributed by atoms with Gasteiger partial charge in [-0.1, -0.05) is 0 Å². The van der Waals surface area contributed by atoms with Gasteiger partial charge in [-0.05, 0) is 0 Å². The first-order valence-electron chi connectivity index (χ1n) is 6.60. The van der Waals surface area contributed by atoms with Gasteiger partial charge in [0, 0.05) is 0 Å². The molecule has 0 aliphatic carbocycles. The second-order valence-electron chi connectivity index (χ2n) is 7.18. The van der Waals surface area contributed by atoms with Crippen LogP contribution in [0, 0.1) is 0 Å². The standard InChI is InChI=1S/C8H6S2.6CH3.2Sn/c1-3-7(9-5-1)8-4-2-6-10-8;;;;;;;;/h1,3-5H,2H2;6*1H3;;. The molecule has 0 bridgehead atoms. The van der Waals surface area contributed by atoms with Crippen molar-refractivity contribution >= 4 is 64.8 Å². The van der Waals surface area contributed by atoms with Crippen molar-refractivity contribution in [3.05, 3.63) is 28.5 Å². The molecule has 1 aliphatic heterocycles. The van der Waals surface area contributed by atoms with E-state index in [0.29, 0.717) is 0.779 Å². The van der Waals surface area contributed by atoms with Crippen LogP contribution in [0.1, 0.15) is 11.3 Å². The molecule has 18 heavy (non-hydrogen) atoms. The van der Waals surface area contributed by atoms with Crippen LogP contribution < -0.4 is 0 Å². The van der Waals surface area contributed by atoms with Gasteiger partial charge in [0.2, 0.25) is 0 Å². The van der Waals surface area contributed by atoms with Crippen molar-refractivity contribution in [1.29, 1.82) is 0 Å². The fraction of sp³-hybridized carbons (Fsp3) is 0.571. The second-order valence-corrected chi connectivity index (χ2v) is 46.2. The summed E-state index contributed by atoms with van der Waals surface area (Å²) in [5, 5.41) is 2.21. The Kier molecular flexibility index (Phi) is 4.64. The maximum atomic E-state index is 2.65. The van der Waals surface area contributed by atoms with Gasteiger partial charge in [0.05, 0.1) is 0 Å². The Bertz CT molecular complexity index is 433. The number of hydrogen-bond donors (Lipinski definition) is 0. The zero-order valence-corrected chi connectivity index (χ0v) is 19.7. The molecule has 0 saturated heterocycles. The maximum absolute atomic E-state index is 2.65. The predicted octanol–water partition coefficient (Wildman–Crippen LogP) is 5.72. The molecule has 0 unspecified atom stereocenters. The molecule has 0 atom stereocenters. The molecule has 1 aromatic heterocycles. The van der Waals surface area contributed by atoms with Crippen LogP contribution in [0.3, 0.4) is 0 Å². The number of allylic oxidation sites excluding steroid dienone is 1. The molecule has 100 valence electrons. The van der Waals surface area contributed by atoms with Crippen LogP contribution in [0.5, 0.6) is 0 Å². The summed E-state index contributed by atoms with van der Waals surface area (Å²) < 4.78 is 0.711. The van der Waals surface area contributed by atoms with Crippen LogP contribution in [0.2, 0.25) is 29.6 Å². The van der Waals surface area contributed by atoms with Gasteiger partial charge in [0.25, 0.3) is 0 Å². The van der Waals surface area contributed by atoms with E-state index in [1.54, 1.807) is 4.91 Å². The summed E-state index contributed by atoms with van der Waals surface area (Å²) in [4.78, 5) is 19.0. The SMILES string of the molecule is [CH3][Sn]([CH3])([CH3])[C]1([Sn]([CH3])([CH3])[CH3])CC=C(c2cccs2)S1. The van der Waals surface area contributed by atoms with Crippen LogP contribution in [-0.2, 0) is 0 Å². The topological polar surface area (TPSA) is 0 Å². The van der Waals surface area contributed by atoms with Gasteiger partial charge in [-0.25, -0.2) is 0 Å². The summed E-state index contributed by atoms with van der Waals surface area (Å²) in [5.74, 6) is 0. The second kappa shape index (κ2) is 5.30. The summed E-state index contributed by atoms with van der Waals surface area (Å²) in [6, 6.07) is 4.47. The Labute approximate surface area is 128 Å². The quantitative estimate of drug-likeness (QED) is 0.485. The van der Waals surface area contributed by atoms with Crippen LogP contribution in [0.25, 0.3) is 4.91 Å². The zero-order chi connectivity index (χ0) is 13.6. The molecule has 0 radical (unpaired) electrons. The normalized spacial score (nSPS) is 20.0. The van der Waals surface area contributed by atoms with Crippen molar-refractivity contribution in [3.63, 3.8) is 0 Å². The van der Waals surface area contributed by atoms with Crippen LogP contribution in [0.15, 0.2) is 23.6 Å². The molecule has 0 fully saturated rings. The van der Waals surface area contributed by atoms with Crippen LogP contribution in [0.4, 0.5) is 0 Å². The number of thioether (sulfide) groups is 1. The summed E-state index contributed by atoms with van der Waals surface area (Å²) >= 11 is 0.294. The van der Waals surface area contributed by atoms with Gasteiger partial charge in [0.15, 0.2) is 0 Å². The Morgan fingerprint density at radius 1 is 1.06 bits per heavy atom. The third-order valence-corrected chi connectivity index (χ3v) is 59.9. The average Bonchev–Trinajstić information content (AvgIpc) is 2.84. The Balaban J connectivity index is 2.35. The first-order valence-corrected chi connectivity index (χ1v) is 28.3. The van der Waals surface area contributed by atoms with Crippen molar-refractivity contribution in [1.82, 2.24) is 0 Å². The molecule has 0 spiro atoms. The molecule has 0 saturated carbocycles. The van der Waals surface area contributed by atoms with E-state index in [9.17, 15) is 0 Å². The van der Waals surface area contributed by atoms with E-state index in [-0.39, 0.29) is 0 Å². The predicted molar refractivity (Wildman–Crippen MR) is 93.9 cm³/mol. The van der Waals surface area contributed by atoms with E-state index in [1.807, 2.05) is 11.3 Å². The molecule has 1 aliphatic rings. The molecule has 0 aromatic carbocycles. The van der Waals surface area contributed by atoms with Gasteiger partial charge < -0.3 is 0 Å². The van der Waals surface area contributed by atoms with Gasteiger partial charge in [-0.15, -0.1) is 0 Å². The molecule has 0 amide bonds. The monoisotopic (exact) mass is 496 g/mol. The van der Waals surface area contributed by atoms with Gasteiger partial charge in [-0.3, -0.25) is 0 Å². The molecule has 2 heterocycles. The fourth-order valence-electron chi connectivity index (χ4n) is 3.12. The molecule has 0 nitrogen and oxygen atoms in total. The van der Waals surface area contributed by atoms with E-state index >= 15 is 0 Å². The summed E-state index contributed by atoms with van der Waals surface area (Å²) in [7, 11) is 0. The minimum absolute atomic E-state index is 0.711. The van der Waals surface area contributed by atoms with Crippen molar-refractivity contribution in [3.8, 4) is 0 Å². The Hall–Kier alpha value is 1.39. The van der Waals surface area contributed by atoms with Gasteiger partial charge in [0.1, 0.15) is 0 Å². The third kappa shape index (κ3) is 2.73. The molecular formula is C14H24S2Sn2. The van der Waals surface area contributed by atoms with E-state index in [4.69, 9.17) is 0 Å². The van der Waals surface area contributed by atoms with Crippen molar-refractivity contribution in [2.24, 2.45) is 0 Å². The summed E-state index contributed by atoms with van der Waals surface area (Å²) in [6.45, 7) is 0. The number of thiophene rings is 1. The zero-order valence-electron chi connectivity index (χ0n) is 12.3. The fourth-order valence-corrected chi connectivity index (χ4v) is 66.2. The summed E-state index contributed by atoms with van der Waals surface area (Å²) in [5.41, 5.74) is 0.